The third-order valence-corrected chi connectivity index (χ3v) is 2.15. The number of halogens is 4. The predicted molar refractivity (Wildman–Crippen MR) is 55.7 cm³/mol. The highest BCUT2D eigenvalue weighted by Crippen LogP contribution is 2.23. The molecular formula is C9H11ClF3N3. The maximum atomic E-state index is 12.3. The Morgan fingerprint density at radius 1 is 1.44 bits per heavy atom. The Bertz CT molecular complexity index is 368. The number of alkyl halides is 3. The van der Waals surface area contributed by atoms with Crippen LogP contribution in [0, 0.1) is 6.92 Å². The number of anilines is 1. The van der Waals surface area contributed by atoms with Crippen LogP contribution in [0.3, 0.4) is 0 Å². The molecule has 3 nitrogen and oxygen atoms in total. The summed E-state index contributed by atoms with van der Waals surface area (Å²) >= 11 is 5.56. The molecule has 16 heavy (non-hydrogen) atoms. The fourth-order valence-corrected chi connectivity index (χ4v) is 1.41. The molecule has 0 aliphatic rings. The maximum absolute atomic E-state index is 12.3. The van der Waals surface area contributed by atoms with Crippen LogP contribution < -0.4 is 4.90 Å². The Balaban J connectivity index is 2.99. The third-order valence-electron chi connectivity index (χ3n) is 1.97. The Labute approximate surface area is 96.3 Å². The summed E-state index contributed by atoms with van der Waals surface area (Å²) < 4.78 is 36.9. The van der Waals surface area contributed by atoms with Crippen molar-refractivity contribution in [3.63, 3.8) is 0 Å². The summed E-state index contributed by atoms with van der Waals surface area (Å²) in [6.45, 7) is 2.43. The van der Waals surface area contributed by atoms with E-state index in [1.54, 1.807) is 13.8 Å². The van der Waals surface area contributed by atoms with E-state index in [1.807, 2.05) is 0 Å². The van der Waals surface area contributed by atoms with Crippen molar-refractivity contribution < 1.29 is 13.2 Å². The van der Waals surface area contributed by atoms with E-state index in [1.165, 1.54) is 6.20 Å². The van der Waals surface area contributed by atoms with E-state index in [0.29, 0.717) is 5.56 Å². The molecule has 0 amide bonds. The van der Waals surface area contributed by atoms with Gasteiger partial charge in [0.1, 0.15) is 12.4 Å². The first-order chi connectivity index (χ1) is 7.33. The monoisotopic (exact) mass is 253 g/mol. The number of aryl methyl sites for hydroxylation is 1. The molecule has 0 aliphatic heterocycles. The fraction of sp³-hybridized carbons (Fsp3) is 0.556. The highest BCUT2D eigenvalue weighted by atomic mass is 35.5. The highest BCUT2D eigenvalue weighted by molar-refractivity contribution is 6.28. The first kappa shape index (κ1) is 13.0. The molecule has 0 bridgehead atoms. The van der Waals surface area contributed by atoms with Crippen LogP contribution in [0.2, 0.25) is 5.28 Å². The smallest absolute Gasteiger partial charge is 0.347 e. The van der Waals surface area contributed by atoms with Gasteiger partial charge < -0.3 is 4.90 Å². The molecule has 0 spiro atoms. The first-order valence-corrected chi connectivity index (χ1v) is 5.02. The average Bonchev–Trinajstić information content (AvgIpc) is 2.17. The Kier molecular flexibility index (Phi) is 3.96. The molecule has 1 rings (SSSR count). The summed E-state index contributed by atoms with van der Waals surface area (Å²) in [5.74, 6) is 0.222. The van der Waals surface area contributed by atoms with Gasteiger partial charge in [0.25, 0.3) is 0 Å². The zero-order chi connectivity index (χ0) is 12.3. The molecule has 1 aromatic rings. The van der Waals surface area contributed by atoms with E-state index in [0.717, 1.165) is 4.90 Å². The van der Waals surface area contributed by atoms with Crippen molar-refractivity contribution in [2.24, 2.45) is 0 Å². The number of rotatable bonds is 3. The van der Waals surface area contributed by atoms with Gasteiger partial charge in [0.05, 0.1) is 0 Å². The lowest BCUT2D eigenvalue weighted by atomic mass is 10.3. The molecule has 0 aromatic carbocycles. The Morgan fingerprint density at radius 3 is 2.56 bits per heavy atom. The molecule has 7 heteroatoms. The van der Waals surface area contributed by atoms with Crippen molar-refractivity contribution in [3.05, 3.63) is 17.0 Å². The first-order valence-electron chi connectivity index (χ1n) is 4.64. The van der Waals surface area contributed by atoms with E-state index >= 15 is 0 Å². The van der Waals surface area contributed by atoms with Crippen molar-refractivity contribution in [1.29, 1.82) is 0 Å². The number of hydrogen-bond acceptors (Lipinski definition) is 3. The van der Waals surface area contributed by atoms with Crippen molar-refractivity contribution in [2.45, 2.75) is 20.0 Å². The van der Waals surface area contributed by atoms with E-state index in [4.69, 9.17) is 11.6 Å². The second kappa shape index (κ2) is 4.86. The maximum Gasteiger partial charge on any atom is 0.405 e. The minimum absolute atomic E-state index is 0.0544. The lowest BCUT2D eigenvalue weighted by Gasteiger charge is -2.24. The number of aromatic nitrogens is 2. The molecule has 1 heterocycles. The molecule has 1 aromatic heterocycles. The summed E-state index contributed by atoms with van der Waals surface area (Å²) in [7, 11) is 0. The summed E-state index contributed by atoms with van der Waals surface area (Å²) in [5.41, 5.74) is 0.565. The Hall–Kier alpha value is -1.04. The van der Waals surface area contributed by atoms with Gasteiger partial charge in [-0.2, -0.15) is 13.2 Å². The molecule has 0 unspecified atom stereocenters. The number of hydrogen-bond donors (Lipinski definition) is 0. The van der Waals surface area contributed by atoms with Crippen LogP contribution in [0.15, 0.2) is 6.20 Å². The van der Waals surface area contributed by atoms with Crippen molar-refractivity contribution in [2.75, 3.05) is 18.0 Å². The molecule has 0 radical (unpaired) electrons. The molecule has 0 saturated carbocycles. The molecule has 0 fully saturated rings. The molecule has 0 atom stereocenters. The minimum Gasteiger partial charge on any atom is -0.347 e. The number of nitrogens with zero attached hydrogens (tertiary/aromatic N) is 3. The van der Waals surface area contributed by atoms with E-state index in [2.05, 4.69) is 9.97 Å². The second-order valence-corrected chi connectivity index (χ2v) is 3.61. The van der Waals surface area contributed by atoms with Gasteiger partial charge in [-0.25, -0.2) is 9.97 Å². The van der Waals surface area contributed by atoms with Gasteiger partial charge in [-0.15, -0.1) is 0 Å². The Morgan fingerprint density at radius 2 is 2.06 bits per heavy atom. The van der Waals surface area contributed by atoms with Gasteiger partial charge in [-0.05, 0) is 25.4 Å². The van der Waals surface area contributed by atoms with Crippen molar-refractivity contribution >= 4 is 17.4 Å². The van der Waals surface area contributed by atoms with E-state index < -0.39 is 12.7 Å². The van der Waals surface area contributed by atoms with Crippen molar-refractivity contribution in [3.8, 4) is 0 Å². The SMILES string of the molecule is CCN(CC(F)(F)F)c1nc(Cl)ncc1C. The zero-order valence-electron chi connectivity index (χ0n) is 8.85. The molecule has 0 saturated heterocycles. The minimum atomic E-state index is -4.26. The lowest BCUT2D eigenvalue weighted by molar-refractivity contribution is -0.119. The third kappa shape index (κ3) is 3.52. The topological polar surface area (TPSA) is 29.0 Å². The van der Waals surface area contributed by atoms with E-state index in [-0.39, 0.29) is 17.6 Å². The lowest BCUT2D eigenvalue weighted by Crippen LogP contribution is -2.35. The average molecular weight is 254 g/mol. The van der Waals surface area contributed by atoms with Crippen LogP contribution in [-0.2, 0) is 0 Å². The summed E-state index contributed by atoms with van der Waals surface area (Å²) in [6.07, 6.45) is -2.86. The van der Waals surface area contributed by atoms with Crippen LogP contribution >= 0.6 is 11.6 Å². The van der Waals surface area contributed by atoms with Gasteiger partial charge in [0.2, 0.25) is 5.28 Å². The zero-order valence-corrected chi connectivity index (χ0v) is 9.60. The van der Waals surface area contributed by atoms with Gasteiger partial charge in [0, 0.05) is 18.3 Å². The quantitative estimate of drug-likeness (QED) is 0.776. The molecular weight excluding hydrogens is 243 g/mol. The van der Waals surface area contributed by atoms with Gasteiger partial charge in [0.15, 0.2) is 0 Å². The summed E-state index contributed by atoms with van der Waals surface area (Å²) in [4.78, 5) is 8.62. The largest absolute Gasteiger partial charge is 0.405 e. The summed E-state index contributed by atoms with van der Waals surface area (Å²) in [6, 6.07) is 0. The van der Waals surface area contributed by atoms with Gasteiger partial charge in [-0.3, -0.25) is 0 Å². The van der Waals surface area contributed by atoms with E-state index in [9.17, 15) is 13.2 Å². The summed E-state index contributed by atoms with van der Waals surface area (Å²) in [5, 5.41) is -0.0544. The van der Waals surface area contributed by atoms with Crippen LogP contribution in [-0.4, -0.2) is 29.2 Å². The van der Waals surface area contributed by atoms with Crippen LogP contribution in [0.4, 0.5) is 19.0 Å². The molecule has 0 N–H and O–H groups in total. The normalized spacial score (nSPS) is 11.6. The second-order valence-electron chi connectivity index (χ2n) is 3.28. The predicted octanol–water partition coefficient (Wildman–Crippen LogP) is 2.83. The van der Waals surface area contributed by atoms with Crippen LogP contribution in [0.5, 0.6) is 0 Å². The fourth-order valence-electron chi connectivity index (χ4n) is 1.29. The van der Waals surface area contributed by atoms with Crippen LogP contribution in [0.25, 0.3) is 0 Å². The van der Waals surface area contributed by atoms with Gasteiger partial charge in [-0.1, -0.05) is 0 Å². The standard InChI is InChI=1S/C9H11ClF3N3/c1-3-16(5-9(11,12)13)7-6(2)4-14-8(10)15-7/h4H,3,5H2,1-2H3. The van der Waals surface area contributed by atoms with Gasteiger partial charge >= 0.3 is 6.18 Å². The van der Waals surface area contributed by atoms with Crippen LogP contribution in [0.1, 0.15) is 12.5 Å². The molecule has 90 valence electrons. The highest BCUT2D eigenvalue weighted by Gasteiger charge is 2.31. The molecule has 0 aliphatic carbocycles. The van der Waals surface area contributed by atoms with Crippen molar-refractivity contribution in [1.82, 2.24) is 9.97 Å².